The maximum atomic E-state index is 6.40. The van der Waals surface area contributed by atoms with Crippen LogP contribution in [0.5, 0.6) is 0 Å². The number of rotatable bonds is 4. The van der Waals surface area contributed by atoms with Crippen LogP contribution in [0, 0.1) is 0 Å². The van der Waals surface area contributed by atoms with Gasteiger partial charge in [0.05, 0.1) is 5.02 Å². The number of nitrogens with zero attached hydrogens (tertiary/aromatic N) is 2. The Morgan fingerprint density at radius 2 is 2.32 bits per heavy atom. The van der Waals surface area contributed by atoms with E-state index < -0.39 is 0 Å². The highest BCUT2D eigenvalue weighted by atomic mass is 35.5. The van der Waals surface area contributed by atoms with Crippen LogP contribution < -0.4 is 10.2 Å². The van der Waals surface area contributed by atoms with Gasteiger partial charge in [0.15, 0.2) is 0 Å². The Bertz CT molecular complexity index is 437. The van der Waals surface area contributed by atoms with E-state index in [4.69, 9.17) is 11.6 Å². The molecule has 0 amide bonds. The second-order valence-corrected chi connectivity index (χ2v) is 7.67. The Morgan fingerprint density at radius 3 is 2.95 bits per heavy atom. The maximum Gasteiger partial charge on any atom is 0.147 e. The third-order valence-electron chi connectivity index (χ3n) is 3.18. The molecular weight excluding hydrogens is 278 g/mol. The molecule has 0 radical (unpaired) electrons. The lowest BCUT2D eigenvalue weighted by Crippen LogP contribution is -2.43. The van der Waals surface area contributed by atoms with Crippen LogP contribution in [0.3, 0.4) is 0 Å². The summed E-state index contributed by atoms with van der Waals surface area (Å²) in [6.45, 7) is 10.4. The van der Waals surface area contributed by atoms with Crippen molar-refractivity contribution in [3.8, 4) is 0 Å². The molecule has 0 atom stereocenters. The average molecular weight is 300 g/mol. The second kappa shape index (κ2) is 6.33. The molecule has 1 saturated heterocycles. The van der Waals surface area contributed by atoms with Gasteiger partial charge >= 0.3 is 0 Å². The minimum absolute atomic E-state index is 0.270. The predicted octanol–water partition coefficient (Wildman–Crippen LogP) is 3.18. The summed E-state index contributed by atoms with van der Waals surface area (Å²) in [6, 6.07) is 2.03. The fraction of sp³-hybridized carbons (Fsp3) is 0.643. The first-order valence-electron chi connectivity index (χ1n) is 6.76. The first kappa shape index (κ1) is 14.9. The van der Waals surface area contributed by atoms with Crippen molar-refractivity contribution >= 4 is 29.2 Å². The summed E-state index contributed by atoms with van der Waals surface area (Å²) in [4.78, 5) is 6.87. The molecule has 0 spiro atoms. The molecule has 3 nitrogen and oxygen atoms in total. The van der Waals surface area contributed by atoms with Gasteiger partial charge in [0.1, 0.15) is 5.82 Å². The Morgan fingerprint density at radius 1 is 1.53 bits per heavy atom. The van der Waals surface area contributed by atoms with E-state index in [0.29, 0.717) is 0 Å². The van der Waals surface area contributed by atoms with Crippen molar-refractivity contribution in [3.05, 3.63) is 22.8 Å². The minimum atomic E-state index is 0.270. The molecular formula is C14H22ClN3S. The standard InChI is InChI=1S/C14H22ClN3S/c1-4-16-8-11-7-12(15)13(17-9-11)18-5-6-19-14(2,3)10-18/h7,9,16H,4-6,8,10H2,1-3H3. The van der Waals surface area contributed by atoms with Crippen molar-refractivity contribution in [2.24, 2.45) is 0 Å². The van der Waals surface area contributed by atoms with Crippen molar-refractivity contribution in [1.82, 2.24) is 10.3 Å². The van der Waals surface area contributed by atoms with E-state index in [2.05, 4.69) is 36.0 Å². The quantitative estimate of drug-likeness (QED) is 0.924. The van der Waals surface area contributed by atoms with Gasteiger partial charge in [-0.15, -0.1) is 0 Å². The first-order valence-corrected chi connectivity index (χ1v) is 8.12. The van der Waals surface area contributed by atoms with Crippen LogP contribution in [-0.2, 0) is 6.54 Å². The lowest BCUT2D eigenvalue weighted by atomic mass is 10.2. The highest BCUT2D eigenvalue weighted by molar-refractivity contribution is 8.00. The molecule has 1 aromatic rings. The van der Waals surface area contributed by atoms with Gasteiger partial charge in [0.2, 0.25) is 0 Å². The normalized spacial score (nSPS) is 18.6. The number of pyridine rings is 1. The van der Waals surface area contributed by atoms with Crippen LogP contribution >= 0.6 is 23.4 Å². The molecule has 2 rings (SSSR count). The highest BCUT2D eigenvalue weighted by Crippen LogP contribution is 2.34. The van der Waals surface area contributed by atoms with Crippen LogP contribution in [0.15, 0.2) is 12.3 Å². The van der Waals surface area contributed by atoms with Gasteiger partial charge in [-0.2, -0.15) is 11.8 Å². The second-order valence-electron chi connectivity index (χ2n) is 5.46. The number of aromatic nitrogens is 1. The third-order valence-corrected chi connectivity index (χ3v) is 4.76. The molecule has 0 aromatic carbocycles. The van der Waals surface area contributed by atoms with E-state index >= 15 is 0 Å². The zero-order valence-electron chi connectivity index (χ0n) is 11.9. The van der Waals surface area contributed by atoms with Gasteiger partial charge in [0, 0.05) is 36.3 Å². The third kappa shape index (κ3) is 4.01. The highest BCUT2D eigenvalue weighted by Gasteiger charge is 2.28. The van der Waals surface area contributed by atoms with E-state index in [-0.39, 0.29) is 4.75 Å². The van der Waals surface area contributed by atoms with E-state index in [1.807, 2.05) is 24.0 Å². The van der Waals surface area contributed by atoms with Crippen molar-refractivity contribution < 1.29 is 0 Å². The number of hydrogen-bond donors (Lipinski definition) is 1. The van der Waals surface area contributed by atoms with Crippen LogP contribution in [-0.4, -0.2) is 35.1 Å². The molecule has 2 heterocycles. The monoisotopic (exact) mass is 299 g/mol. The maximum absolute atomic E-state index is 6.40. The zero-order valence-corrected chi connectivity index (χ0v) is 13.4. The molecule has 0 aliphatic carbocycles. The summed E-state index contributed by atoms with van der Waals surface area (Å²) < 4.78 is 0.270. The van der Waals surface area contributed by atoms with Gasteiger partial charge in [-0.3, -0.25) is 0 Å². The van der Waals surface area contributed by atoms with Gasteiger partial charge in [-0.05, 0) is 32.0 Å². The van der Waals surface area contributed by atoms with E-state index in [1.54, 1.807) is 0 Å². The Kier molecular flexibility index (Phi) is 4.98. The summed E-state index contributed by atoms with van der Waals surface area (Å²) in [5.41, 5.74) is 1.14. The number of hydrogen-bond acceptors (Lipinski definition) is 4. The van der Waals surface area contributed by atoms with E-state index in [9.17, 15) is 0 Å². The van der Waals surface area contributed by atoms with E-state index in [0.717, 1.165) is 48.3 Å². The number of thioether (sulfide) groups is 1. The SMILES string of the molecule is CCNCc1cnc(N2CCSC(C)(C)C2)c(Cl)c1. The molecule has 0 saturated carbocycles. The summed E-state index contributed by atoms with van der Waals surface area (Å²) >= 11 is 8.41. The van der Waals surface area contributed by atoms with Gasteiger partial charge < -0.3 is 10.2 Å². The van der Waals surface area contributed by atoms with Crippen LogP contribution in [0.2, 0.25) is 5.02 Å². The average Bonchev–Trinajstić information content (AvgIpc) is 2.35. The topological polar surface area (TPSA) is 28.2 Å². The van der Waals surface area contributed by atoms with E-state index in [1.165, 1.54) is 0 Å². The summed E-state index contributed by atoms with van der Waals surface area (Å²) in [6.07, 6.45) is 1.93. The Hall–Kier alpha value is -0.450. The van der Waals surface area contributed by atoms with Crippen LogP contribution in [0.4, 0.5) is 5.82 Å². The number of anilines is 1. The molecule has 0 unspecified atom stereocenters. The van der Waals surface area contributed by atoms with Crippen molar-refractivity contribution in [3.63, 3.8) is 0 Å². The van der Waals surface area contributed by atoms with Gasteiger partial charge in [-0.1, -0.05) is 18.5 Å². The Labute approximate surface area is 125 Å². The fourth-order valence-electron chi connectivity index (χ4n) is 2.27. The summed E-state index contributed by atoms with van der Waals surface area (Å²) in [5.74, 6) is 2.06. The van der Waals surface area contributed by atoms with Crippen LogP contribution in [0.25, 0.3) is 0 Å². The lowest BCUT2D eigenvalue weighted by molar-refractivity contribution is 0.641. The van der Waals surface area contributed by atoms with Gasteiger partial charge in [0.25, 0.3) is 0 Å². The molecule has 106 valence electrons. The first-order chi connectivity index (χ1) is 9.02. The zero-order chi connectivity index (χ0) is 13.9. The smallest absolute Gasteiger partial charge is 0.147 e. The minimum Gasteiger partial charge on any atom is -0.353 e. The molecule has 1 aliphatic heterocycles. The number of halogens is 1. The molecule has 1 aromatic heterocycles. The molecule has 5 heteroatoms. The Balaban J connectivity index is 2.12. The molecule has 1 fully saturated rings. The fourth-order valence-corrected chi connectivity index (χ4v) is 3.69. The van der Waals surface area contributed by atoms with Crippen molar-refractivity contribution in [2.75, 3.05) is 30.3 Å². The molecule has 0 bridgehead atoms. The predicted molar refractivity (Wildman–Crippen MR) is 85.4 cm³/mol. The number of nitrogens with one attached hydrogen (secondary N) is 1. The van der Waals surface area contributed by atoms with Crippen molar-refractivity contribution in [1.29, 1.82) is 0 Å². The largest absolute Gasteiger partial charge is 0.353 e. The molecule has 1 aliphatic rings. The van der Waals surface area contributed by atoms with Crippen LogP contribution in [0.1, 0.15) is 26.3 Å². The lowest BCUT2D eigenvalue weighted by Gasteiger charge is -2.38. The molecule has 19 heavy (non-hydrogen) atoms. The summed E-state index contributed by atoms with van der Waals surface area (Å²) in [7, 11) is 0. The van der Waals surface area contributed by atoms with Gasteiger partial charge in [-0.25, -0.2) is 4.98 Å². The molecule has 1 N–H and O–H groups in total. The summed E-state index contributed by atoms with van der Waals surface area (Å²) in [5, 5.41) is 4.05. The van der Waals surface area contributed by atoms with Crippen molar-refractivity contribution in [2.45, 2.75) is 32.1 Å².